The molecular weight excluding hydrogens is 656 g/mol. The lowest BCUT2D eigenvalue weighted by molar-refractivity contribution is -0.262. The Bertz CT molecular complexity index is 1360. The Labute approximate surface area is 284 Å². The Hall–Kier alpha value is -3.23. The highest BCUT2D eigenvalue weighted by Gasteiger charge is 2.79. The van der Waals surface area contributed by atoms with Crippen molar-refractivity contribution in [2.45, 2.75) is 128 Å². The fourth-order valence-corrected chi connectivity index (χ4v) is 8.21. The standard InChI is InChI=1S/C33H45ClO14/c1-14(2)10-25(39)47-24-12-23(45-19(7)37)31(9)22(44-18(6)36)11-21(43-17(5)35)15(3)26(34)28-33(41,16(4)30(40)48-28)29(46-20(8)38)27(31)32(24)13-42-32/h14,16,21-24,26-29,41H,3,10-13H2,1-2,4-9H3/t16-,21-,22-,23-,24+,26-,27+,28-,29-,31-,32+,33-/m0/s1. The minimum absolute atomic E-state index is 0.00399. The number of hydrogen-bond donors (Lipinski definition) is 1. The van der Waals surface area contributed by atoms with Crippen LogP contribution in [0, 0.1) is 23.2 Å². The maximum absolute atomic E-state index is 13.3. The van der Waals surface area contributed by atoms with Crippen LogP contribution < -0.4 is 0 Å². The van der Waals surface area contributed by atoms with E-state index in [0.717, 1.165) is 27.7 Å². The molecule has 268 valence electrons. The second-order valence-corrected chi connectivity index (χ2v) is 14.4. The van der Waals surface area contributed by atoms with E-state index in [1.807, 2.05) is 13.8 Å². The average Bonchev–Trinajstić information content (AvgIpc) is 3.70. The summed E-state index contributed by atoms with van der Waals surface area (Å²) < 4.78 is 41.3. The summed E-state index contributed by atoms with van der Waals surface area (Å²) in [6, 6.07) is 0. The molecule has 0 aromatic heterocycles. The normalized spacial score (nSPS) is 40.5. The first-order valence-electron chi connectivity index (χ1n) is 16.0. The zero-order valence-electron chi connectivity index (χ0n) is 28.4. The largest absolute Gasteiger partial charge is 0.462 e. The molecule has 2 saturated carbocycles. The molecular formula is C33H45ClO14. The van der Waals surface area contributed by atoms with Crippen molar-refractivity contribution in [1.29, 1.82) is 0 Å². The van der Waals surface area contributed by atoms with Crippen LogP contribution in [0.2, 0.25) is 0 Å². The number of carbonyl (C=O) groups excluding carboxylic acids is 6. The van der Waals surface area contributed by atoms with Gasteiger partial charge in [0, 0.05) is 52.9 Å². The Kier molecular flexibility index (Phi) is 10.6. The molecule has 1 N–H and O–H groups in total. The number of esters is 6. The van der Waals surface area contributed by atoms with E-state index in [4.69, 9.17) is 44.8 Å². The van der Waals surface area contributed by atoms with Gasteiger partial charge in [-0.05, 0) is 18.4 Å². The van der Waals surface area contributed by atoms with Crippen LogP contribution in [-0.2, 0) is 61.9 Å². The number of carbonyl (C=O) groups is 6. The highest BCUT2D eigenvalue weighted by molar-refractivity contribution is 6.23. The van der Waals surface area contributed by atoms with Crippen molar-refractivity contribution < 1.29 is 67.0 Å². The smallest absolute Gasteiger partial charge is 0.312 e. The summed E-state index contributed by atoms with van der Waals surface area (Å²) in [5.41, 5.74) is -5.60. The van der Waals surface area contributed by atoms with Gasteiger partial charge >= 0.3 is 35.8 Å². The Morgan fingerprint density at radius 2 is 1.44 bits per heavy atom. The molecule has 14 nitrogen and oxygen atoms in total. The molecule has 15 heteroatoms. The van der Waals surface area contributed by atoms with Crippen molar-refractivity contribution in [3.8, 4) is 0 Å². The Morgan fingerprint density at radius 1 is 0.917 bits per heavy atom. The number of alkyl halides is 1. The van der Waals surface area contributed by atoms with E-state index < -0.39 is 106 Å². The van der Waals surface area contributed by atoms with Crippen LogP contribution in [0.5, 0.6) is 0 Å². The summed E-state index contributed by atoms with van der Waals surface area (Å²) in [7, 11) is 0. The molecule has 1 spiro atoms. The molecule has 2 saturated heterocycles. The third-order valence-electron chi connectivity index (χ3n) is 10.1. The van der Waals surface area contributed by atoms with E-state index in [0.29, 0.717) is 0 Å². The highest BCUT2D eigenvalue weighted by atomic mass is 35.5. The first-order chi connectivity index (χ1) is 22.2. The fourth-order valence-electron chi connectivity index (χ4n) is 7.82. The predicted molar refractivity (Wildman–Crippen MR) is 164 cm³/mol. The summed E-state index contributed by atoms with van der Waals surface area (Å²) in [5.74, 6) is -7.35. The van der Waals surface area contributed by atoms with Gasteiger partial charge in [0.05, 0.1) is 23.3 Å². The van der Waals surface area contributed by atoms with Crippen molar-refractivity contribution >= 4 is 47.4 Å². The van der Waals surface area contributed by atoms with E-state index in [2.05, 4.69) is 6.58 Å². The molecule has 0 aromatic rings. The average molecular weight is 701 g/mol. The van der Waals surface area contributed by atoms with E-state index in [-0.39, 0.29) is 37.4 Å². The zero-order chi connectivity index (χ0) is 36.1. The minimum atomic E-state index is -2.42. The SMILES string of the molecule is C=C1[C@@H](OC(C)=O)C[C@H](OC(C)=O)[C@@]2(C)[C@@H](OC(C)=O)C[C@@H](OC(=O)CC(C)C)[C@]3(CO3)[C@@H]2[C@H](OC(C)=O)[C@]2(O)[C@@H](C)C(=O)O[C@H]2[C@H]1Cl. The monoisotopic (exact) mass is 700 g/mol. The third-order valence-corrected chi connectivity index (χ3v) is 10.6. The number of fused-ring (bicyclic) bond motifs is 3. The van der Waals surface area contributed by atoms with Crippen LogP contribution in [0.25, 0.3) is 0 Å². The lowest BCUT2D eigenvalue weighted by Gasteiger charge is -2.58. The molecule has 0 bridgehead atoms. The quantitative estimate of drug-likeness (QED) is 0.134. The summed E-state index contributed by atoms with van der Waals surface area (Å²) >= 11 is 6.92. The van der Waals surface area contributed by atoms with Crippen LogP contribution in [0.15, 0.2) is 12.2 Å². The molecule has 0 unspecified atom stereocenters. The van der Waals surface area contributed by atoms with E-state index in [1.165, 1.54) is 6.92 Å². The topological polar surface area (TPSA) is 191 Å². The van der Waals surface area contributed by atoms with E-state index >= 15 is 0 Å². The maximum Gasteiger partial charge on any atom is 0.312 e. The van der Waals surface area contributed by atoms with E-state index in [9.17, 15) is 33.9 Å². The van der Waals surface area contributed by atoms with Crippen LogP contribution >= 0.6 is 11.6 Å². The number of aliphatic hydroxyl groups is 1. The molecule has 2 aliphatic heterocycles. The number of ether oxygens (including phenoxy) is 7. The molecule has 2 heterocycles. The van der Waals surface area contributed by atoms with Gasteiger partial charge in [-0.25, -0.2) is 0 Å². The molecule has 2 aliphatic carbocycles. The van der Waals surface area contributed by atoms with Crippen molar-refractivity contribution in [3.05, 3.63) is 12.2 Å². The Morgan fingerprint density at radius 3 is 1.92 bits per heavy atom. The first-order valence-corrected chi connectivity index (χ1v) is 16.4. The second-order valence-electron chi connectivity index (χ2n) is 13.9. The number of hydrogen-bond acceptors (Lipinski definition) is 14. The summed E-state index contributed by atoms with van der Waals surface area (Å²) in [4.78, 5) is 77.3. The summed E-state index contributed by atoms with van der Waals surface area (Å²) in [5, 5.41) is 11.4. The van der Waals surface area contributed by atoms with Gasteiger partial charge in [0.15, 0.2) is 11.7 Å². The molecule has 12 atom stereocenters. The van der Waals surface area contributed by atoms with Gasteiger partial charge < -0.3 is 38.3 Å². The molecule has 48 heavy (non-hydrogen) atoms. The second kappa shape index (κ2) is 13.6. The third kappa shape index (κ3) is 6.67. The summed E-state index contributed by atoms with van der Waals surface area (Å²) in [6.45, 7) is 15.1. The lowest BCUT2D eigenvalue weighted by atomic mass is 9.51. The lowest BCUT2D eigenvalue weighted by Crippen LogP contribution is -2.73. The van der Waals surface area contributed by atoms with Gasteiger partial charge in [-0.1, -0.05) is 27.4 Å². The molecule has 4 rings (SSSR count). The zero-order valence-corrected chi connectivity index (χ0v) is 29.2. The van der Waals surface area contributed by atoms with Gasteiger partial charge in [-0.2, -0.15) is 0 Å². The van der Waals surface area contributed by atoms with Gasteiger partial charge in [-0.3, -0.25) is 28.8 Å². The fraction of sp³-hybridized carbons (Fsp3) is 0.758. The van der Waals surface area contributed by atoms with Gasteiger partial charge in [0.25, 0.3) is 0 Å². The molecule has 4 aliphatic rings. The van der Waals surface area contributed by atoms with Crippen molar-refractivity contribution in [1.82, 2.24) is 0 Å². The van der Waals surface area contributed by atoms with E-state index in [1.54, 1.807) is 6.92 Å². The van der Waals surface area contributed by atoms with Crippen molar-refractivity contribution in [2.75, 3.05) is 6.61 Å². The molecule has 0 amide bonds. The van der Waals surface area contributed by atoms with Crippen LogP contribution in [0.1, 0.15) is 74.7 Å². The number of halogens is 1. The first kappa shape index (κ1) is 37.6. The van der Waals surface area contributed by atoms with Gasteiger partial charge in [-0.15, -0.1) is 11.6 Å². The van der Waals surface area contributed by atoms with Crippen LogP contribution in [0.4, 0.5) is 0 Å². The van der Waals surface area contributed by atoms with Crippen LogP contribution in [0.3, 0.4) is 0 Å². The van der Waals surface area contributed by atoms with Crippen LogP contribution in [-0.4, -0.2) is 101 Å². The Balaban J connectivity index is 2.09. The van der Waals surface area contributed by atoms with Gasteiger partial charge in [0.2, 0.25) is 0 Å². The molecule has 4 fully saturated rings. The highest BCUT2D eigenvalue weighted by Crippen LogP contribution is 2.63. The predicted octanol–water partition coefficient (Wildman–Crippen LogP) is 2.33. The molecule has 0 radical (unpaired) electrons. The minimum Gasteiger partial charge on any atom is -0.462 e. The van der Waals surface area contributed by atoms with Gasteiger partial charge in [0.1, 0.15) is 36.1 Å². The van der Waals surface area contributed by atoms with Crippen molar-refractivity contribution in [3.63, 3.8) is 0 Å². The maximum atomic E-state index is 13.3. The number of rotatable bonds is 7. The molecule has 0 aromatic carbocycles. The number of epoxide rings is 1. The summed E-state index contributed by atoms with van der Waals surface area (Å²) in [6.07, 6.45) is -8.70. The van der Waals surface area contributed by atoms with Crippen molar-refractivity contribution in [2.24, 2.45) is 23.2 Å².